The third-order valence-corrected chi connectivity index (χ3v) is 10.6. The molecule has 0 aliphatic carbocycles. The summed E-state index contributed by atoms with van der Waals surface area (Å²) in [5.74, 6) is -0.179. The number of esters is 2. The zero-order valence-corrected chi connectivity index (χ0v) is 35.6. The van der Waals surface area contributed by atoms with E-state index in [1.807, 2.05) is 24.3 Å². The number of carbonyl (C=O) groups is 2. The predicted octanol–water partition coefficient (Wildman–Crippen LogP) is 10.4. The quantitative estimate of drug-likeness (QED) is 0.221. The number of carbonyl (C=O) groups excluding carboxylic acids is 2. The van der Waals surface area contributed by atoms with Crippen molar-refractivity contribution in [1.29, 1.82) is 0 Å². The summed E-state index contributed by atoms with van der Waals surface area (Å²) in [6.07, 6.45) is 0.897. The molecule has 0 bridgehead atoms. The number of ether oxygens (including phenoxy) is 2. The van der Waals surface area contributed by atoms with Crippen LogP contribution in [0.1, 0.15) is 183 Å². The number of aryl methyl sites for hydroxylation is 1. The van der Waals surface area contributed by atoms with Crippen LogP contribution in [0.25, 0.3) is 0 Å². The molecule has 1 heterocycles. The lowest BCUT2D eigenvalue weighted by atomic mass is 9.69. The first kappa shape index (κ1) is 43.3. The van der Waals surface area contributed by atoms with Gasteiger partial charge < -0.3 is 25.0 Å². The lowest BCUT2D eigenvalue weighted by Crippen LogP contribution is -2.65. The number of aromatic hydroxyl groups is 2. The van der Waals surface area contributed by atoms with E-state index in [2.05, 4.69) is 116 Å². The van der Waals surface area contributed by atoms with Crippen molar-refractivity contribution in [2.45, 2.75) is 195 Å². The second-order valence-electron chi connectivity index (χ2n) is 20.6. The van der Waals surface area contributed by atoms with Gasteiger partial charge in [-0.3, -0.25) is 9.59 Å². The summed E-state index contributed by atoms with van der Waals surface area (Å²) in [5, 5.41) is 26.5. The van der Waals surface area contributed by atoms with Gasteiger partial charge in [-0.1, -0.05) is 102 Å². The number of hydrogen-bond acceptors (Lipinski definition) is 7. The van der Waals surface area contributed by atoms with Crippen LogP contribution in [-0.4, -0.2) is 39.3 Å². The van der Waals surface area contributed by atoms with Gasteiger partial charge in [0, 0.05) is 36.3 Å². The van der Waals surface area contributed by atoms with Gasteiger partial charge in [-0.25, -0.2) is 0 Å². The molecular formula is C45H71NO6. The first-order chi connectivity index (χ1) is 23.4. The summed E-state index contributed by atoms with van der Waals surface area (Å²) in [6, 6.07) is 8.03. The Morgan fingerprint density at radius 2 is 1.17 bits per heavy atom. The Morgan fingerprint density at radius 3 is 1.58 bits per heavy atom. The average Bonchev–Trinajstić information content (AvgIpc) is 2.94. The number of phenols is 2. The van der Waals surface area contributed by atoms with Crippen LogP contribution in [0.2, 0.25) is 0 Å². The van der Waals surface area contributed by atoms with Gasteiger partial charge in [-0.05, 0) is 108 Å². The number of piperidine rings is 1. The molecule has 7 heteroatoms. The van der Waals surface area contributed by atoms with Gasteiger partial charge in [0.2, 0.25) is 0 Å². The summed E-state index contributed by atoms with van der Waals surface area (Å²) in [4.78, 5) is 26.8. The molecule has 3 rings (SSSR count). The molecule has 0 amide bonds. The van der Waals surface area contributed by atoms with Gasteiger partial charge in [0.15, 0.2) is 0 Å². The molecule has 1 saturated heterocycles. The van der Waals surface area contributed by atoms with Crippen molar-refractivity contribution in [2.24, 2.45) is 5.92 Å². The van der Waals surface area contributed by atoms with Crippen LogP contribution >= 0.6 is 0 Å². The molecule has 1 aliphatic heterocycles. The fourth-order valence-corrected chi connectivity index (χ4v) is 7.86. The number of rotatable bonds is 9. The largest absolute Gasteiger partial charge is 0.507 e. The lowest BCUT2D eigenvalue weighted by Gasteiger charge is -2.52. The summed E-state index contributed by atoms with van der Waals surface area (Å²) >= 11 is 0. The summed E-state index contributed by atoms with van der Waals surface area (Å²) < 4.78 is 12.7. The van der Waals surface area contributed by atoms with Crippen LogP contribution < -0.4 is 5.32 Å². The molecule has 1 aliphatic rings. The van der Waals surface area contributed by atoms with E-state index < -0.39 is 17.7 Å². The molecule has 0 aromatic heterocycles. The van der Waals surface area contributed by atoms with Crippen molar-refractivity contribution in [2.75, 3.05) is 0 Å². The van der Waals surface area contributed by atoms with Crippen molar-refractivity contribution >= 4 is 11.9 Å². The fourth-order valence-electron chi connectivity index (χ4n) is 7.86. The number of hydrogen-bond donors (Lipinski definition) is 3. The van der Waals surface area contributed by atoms with Gasteiger partial charge in [-0.2, -0.15) is 0 Å². The topological polar surface area (TPSA) is 105 Å². The highest BCUT2D eigenvalue weighted by Crippen LogP contribution is 2.46. The van der Waals surface area contributed by atoms with Crippen LogP contribution in [0.5, 0.6) is 11.5 Å². The van der Waals surface area contributed by atoms with Crippen LogP contribution in [0.4, 0.5) is 0 Å². The van der Waals surface area contributed by atoms with E-state index in [-0.39, 0.29) is 63.6 Å². The van der Waals surface area contributed by atoms with E-state index in [0.717, 1.165) is 33.4 Å². The van der Waals surface area contributed by atoms with Crippen LogP contribution in [0.15, 0.2) is 24.3 Å². The molecule has 2 aromatic rings. The third-order valence-electron chi connectivity index (χ3n) is 10.6. The highest BCUT2D eigenvalue weighted by molar-refractivity contribution is 5.70. The Bertz CT molecular complexity index is 1540. The van der Waals surface area contributed by atoms with Gasteiger partial charge in [0.1, 0.15) is 23.7 Å². The van der Waals surface area contributed by atoms with Crippen LogP contribution in [0, 0.1) is 5.92 Å². The second-order valence-corrected chi connectivity index (χ2v) is 20.6. The SMILES string of the molecule is CCC(=O)OC(CC1C(OC(=O)CCc2cc(C(C)(C)C)c(O)c(C(C)(C)C)c2)CC(C)(C)NC1(C)C)c1cc(C(C)(C)C)c(O)c(C(C)(C)C)c1. The highest BCUT2D eigenvalue weighted by atomic mass is 16.5. The molecule has 52 heavy (non-hydrogen) atoms. The smallest absolute Gasteiger partial charge is 0.306 e. The van der Waals surface area contributed by atoms with Gasteiger partial charge in [0.25, 0.3) is 0 Å². The van der Waals surface area contributed by atoms with Crippen LogP contribution in [-0.2, 0) is 47.1 Å². The van der Waals surface area contributed by atoms with E-state index >= 15 is 0 Å². The minimum absolute atomic E-state index is 0.197. The molecule has 3 atom stereocenters. The van der Waals surface area contributed by atoms with Crippen molar-refractivity contribution in [3.05, 3.63) is 57.6 Å². The molecule has 1 fully saturated rings. The molecule has 2 aromatic carbocycles. The Labute approximate surface area is 315 Å². The summed E-state index contributed by atoms with van der Waals surface area (Å²) in [6.45, 7) is 35.3. The molecule has 0 radical (unpaired) electrons. The highest BCUT2D eigenvalue weighted by Gasteiger charge is 2.49. The van der Waals surface area contributed by atoms with Crippen molar-refractivity contribution < 1.29 is 29.3 Å². The van der Waals surface area contributed by atoms with Crippen molar-refractivity contribution in [1.82, 2.24) is 5.32 Å². The molecule has 0 saturated carbocycles. The minimum Gasteiger partial charge on any atom is -0.507 e. The number of benzene rings is 2. The van der Waals surface area contributed by atoms with E-state index in [1.165, 1.54) is 0 Å². The van der Waals surface area contributed by atoms with Gasteiger partial charge in [0.05, 0.1) is 0 Å². The number of phenolic OH excluding ortho intramolecular Hbond substituents is 2. The molecular weight excluding hydrogens is 650 g/mol. The summed E-state index contributed by atoms with van der Waals surface area (Å²) in [5.41, 5.74) is 3.15. The Morgan fingerprint density at radius 1 is 0.750 bits per heavy atom. The molecule has 3 unspecified atom stereocenters. The van der Waals surface area contributed by atoms with Crippen molar-refractivity contribution in [3.8, 4) is 11.5 Å². The van der Waals surface area contributed by atoms with E-state index in [1.54, 1.807) is 6.92 Å². The third kappa shape index (κ3) is 10.5. The zero-order chi connectivity index (χ0) is 40.0. The molecule has 7 nitrogen and oxygen atoms in total. The molecule has 0 spiro atoms. The first-order valence-electron chi connectivity index (χ1n) is 19.3. The van der Waals surface area contributed by atoms with E-state index in [4.69, 9.17) is 9.47 Å². The Balaban J connectivity index is 2.03. The maximum Gasteiger partial charge on any atom is 0.306 e. The monoisotopic (exact) mass is 722 g/mol. The normalized spacial score (nSPS) is 19.9. The first-order valence-corrected chi connectivity index (χ1v) is 19.3. The Hall–Kier alpha value is -3.06. The van der Waals surface area contributed by atoms with E-state index in [0.29, 0.717) is 25.0 Å². The van der Waals surface area contributed by atoms with Gasteiger partial charge in [-0.15, -0.1) is 0 Å². The average molecular weight is 722 g/mol. The Kier molecular flexibility index (Phi) is 12.5. The lowest BCUT2D eigenvalue weighted by molar-refractivity contribution is -0.164. The second kappa shape index (κ2) is 15.0. The number of nitrogens with one attached hydrogen (secondary N) is 1. The molecule has 292 valence electrons. The van der Waals surface area contributed by atoms with Crippen molar-refractivity contribution in [3.63, 3.8) is 0 Å². The predicted molar refractivity (Wildman–Crippen MR) is 212 cm³/mol. The van der Waals surface area contributed by atoms with Gasteiger partial charge >= 0.3 is 11.9 Å². The fraction of sp³-hybridized carbons (Fsp3) is 0.689. The maximum atomic E-state index is 13.8. The maximum absolute atomic E-state index is 13.8. The zero-order valence-electron chi connectivity index (χ0n) is 35.6. The standard InChI is InChI=1S/C45H71NO6/c1-18-36(47)51-34(28-23-32(42(8,9)10)39(50)33(24-28)43(11,12)13)25-29-35(26-44(14,15)46-45(29,16)17)52-37(48)20-19-27-21-30(40(2,3)4)38(49)31(22-27)41(5,6)7/h21-24,29,34-35,46,49-50H,18-20,25-26H2,1-17H3. The minimum atomic E-state index is -0.618. The summed E-state index contributed by atoms with van der Waals surface area (Å²) in [7, 11) is 0. The van der Waals surface area contributed by atoms with E-state index in [9.17, 15) is 19.8 Å². The van der Waals surface area contributed by atoms with Crippen LogP contribution in [0.3, 0.4) is 0 Å². The molecule has 3 N–H and O–H groups in total.